The maximum atomic E-state index is 13.9. The van der Waals surface area contributed by atoms with Gasteiger partial charge in [-0.2, -0.15) is 0 Å². The normalized spacial score (nSPS) is 23.9. The third-order valence-electron chi connectivity index (χ3n) is 7.12. The van der Waals surface area contributed by atoms with Gasteiger partial charge in [0.15, 0.2) is 0 Å². The number of amides is 2. The van der Waals surface area contributed by atoms with Crippen LogP contribution in [0.5, 0.6) is 5.75 Å². The van der Waals surface area contributed by atoms with Crippen LogP contribution in [0.3, 0.4) is 0 Å². The molecule has 2 aliphatic heterocycles. The Bertz CT molecular complexity index is 1400. The number of rotatable bonds is 4. The summed E-state index contributed by atoms with van der Waals surface area (Å²) in [6.45, 7) is 2.32. The van der Waals surface area contributed by atoms with Crippen molar-refractivity contribution in [1.29, 1.82) is 0 Å². The second-order valence-corrected chi connectivity index (χ2v) is 9.41. The van der Waals surface area contributed by atoms with Gasteiger partial charge in [-0.15, -0.1) is 0 Å². The summed E-state index contributed by atoms with van der Waals surface area (Å²) in [4.78, 5) is 56.3. The fourth-order valence-electron chi connectivity index (χ4n) is 5.58. The maximum Gasteiger partial charge on any atom is 0.241 e. The van der Waals surface area contributed by atoms with Gasteiger partial charge in [0.05, 0.1) is 30.2 Å². The summed E-state index contributed by atoms with van der Waals surface area (Å²) in [5.41, 5.74) is -0.831. The predicted molar refractivity (Wildman–Crippen MR) is 130 cm³/mol. The van der Waals surface area contributed by atoms with Crippen LogP contribution in [0.25, 0.3) is 0 Å². The molecule has 2 amide bonds. The monoisotopic (exact) mass is 501 g/mol. The highest BCUT2D eigenvalue weighted by Gasteiger charge is 2.74. The number of nitrogens with zero attached hydrogens (tertiary/aromatic N) is 1. The van der Waals surface area contributed by atoms with E-state index < -0.39 is 46.9 Å². The molecule has 6 rings (SSSR count). The Balaban J connectivity index is 1.49. The topological polar surface area (TPSA) is 90.0 Å². The van der Waals surface area contributed by atoms with Crippen LogP contribution < -0.4 is 9.64 Å². The van der Waals surface area contributed by atoms with Crippen LogP contribution in [-0.4, -0.2) is 35.6 Å². The lowest BCUT2D eigenvalue weighted by Gasteiger charge is -2.27. The van der Waals surface area contributed by atoms with E-state index in [1.807, 2.05) is 6.92 Å². The molecule has 0 N–H and O–H groups in total. The minimum Gasteiger partial charge on any atom is -0.494 e. The standard InChI is InChI=1S/C28H20ClNO6/c1-2-35-18-13-11-17(12-14-18)30-26(33)21-22(27(30)34)28(36-23(21)15-7-9-16(29)10-8-15)24(31)19-5-3-4-6-20(19)25(28)32/h3-14,21-23H,2H2,1H3/t21-,22-,23-/m1/s1. The molecule has 7 nitrogen and oxygen atoms in total. The molecular weight excluding hydrogens is 482 g/mol. The molecule has 1 spiro atoms. The Kier molecular flexibility index (Phi) is 5.10. The van der Waals surface area contributed by atoms with Crippen molar-refractivity contribution in [2.75, 3.05) is 11.5 Å². The van der Waals surface area contributed by atoms with Gasteiger partial charge in [-0.1, -0.05) is 48.0 Å². The van der Waals surface area contributed by atoms with Crippen molar-refractivity contribution >= 4 is 40.7 Å². The summed E-state index contributed by atoms with van der Waals surface area (Å²) in [7, 11) is 0. The number of benzene rings is 3. The van der Waals surface area contributed by atoms with Crippen molar-refractivity contribution in [2.45, 2.75) is 18.6 Å². The average molecular weight is 502 g/mol. The maximum absolute atomic E-state index is 13.9. The number of hydrogen-bond acceptors (Lipinski definition) is 6. The summed E-state index contributed by atoms with van der Waals surface area (Å²) in [5, 5.41) is 0.480. The van der Waals surface area contributed by atoms with E-state index in [4.69, 9.17) is 21.1 Å². The van der Waals surface area contributed by atoms with E-state index in [0.717, 1.165) is 4.90 Å². The Hall–Kier alpha value is -3.81. The number of anilines is 1. The van der Waals surface area contributed by atoms with Gasteiger partial charge in [-0.3, -0.25) is 19.2 Å². The minimum absolute atomic E-state index is 0.192. The van der Waals surface area contributed by atoms with E-state index in [1.54, 1.807) is 72.8 Å². The van der Waals surface area contributed by atoms with Crippen molar-refractivity contribution in [3.8, 4) is 5.75 Å². The van der Waals surface area contributed by atoms with Gasteiger partial charge in [0.25, 0.3) is 0 Å². The minimum atomic E-state index is -2.11. The molecule has 0 aromatic heterocycles. The smallest absolute Gasteiger partial charge is 0.241 e. The van der Waals surface area contributed by atoms with Gasteiger partial charge in [-0.05, 0) is 48.9 Å². The highest BCUT2D eigenvalue weighted by molar-refractivity contribution is 6.37. The number of ketones is 2. The first-order valence-corrected chi connectivity index (χ1v) is 12.0. The Morgan fingerprint density at radius 1 is 0.861 bits per heavy atom. The summed E-state index contributed by atoms with van der Waals surface area (Å²) < 4.78 is 11.7. The van der Waals surface area contributed by atoms with E-state index in [0.29, 0.717) is 28.6 Å². The number of carbonyl (C=O) groups is 4. The largest absolute Gasteiger partial charge is 0.494 e. The number of fused-ring (bicyclic) bond motifs is 3. The van der Waals surface area contributed by atoms with Gasteiger partial charge in [0.1, 0.15) is 5.75 Å². The van der Waals surface area contributed by atoms with Crippen LogP contribution in [0.15, 0.2) is 72.8 Å². The van der Waals surface area contributed by atoms with Gasteiger partial charge < -0.3 is 9.47 Å². The fourth-order valence-corrected chi connectivity index (χ4v) is 5.71. The number of Topliss-reactive ketones (excluding diaryl/α,β-unsaturated/α-hetero) is 2. The van der Waals surface area contributed by atoms with Gasteiger partial charge in [-0.25, -0.2) is 4.90 Å². The fraction of sp³-hybridized carbons (Fsp3) is 0.214. The molecule has 2 fully saturated rings. The first kappa shape index (κ1) is 22.6. The quantitative estimate of drug-likeness (QED) is 0.388. The van der Waals surface area contributed by atoms with E-state index in [-0.39, 0.29) is 11.1 Å². The molecule has 3 atom stereocenters. The highest BCUT2D eigenvalue weighted by atomic mass is 35.5. The van der Waals surface area contributed by atoms with Crippen LogP contribution in [-0.2, 0) is 14.3 Å². The molecule has 0 saturated carbocycles. The molecular formula is C28H20ClNO6. The molecule has 36 heavy (non-hydrogen) atoms. The SMILES string of the molecule is CCOc1ccc(N2C(=O)[C@H]3[C@@H](c4ccc(Cl)cc4)OC4(C(=O)c5ccccc5C4=O)[C@H]3C2=O)cc1. The third-order valence-corrected chi connectivity index (χ3v) is 7.38. The van der Waals surface area contributed by atoms with E-state index in [1.165, 1.54) is 0 Å². The molecule has 0 radical (unpaired) electrons. The van der Waals surface area contributed by atoms with E-state index in [2.05, 4.69) is 0 Å². The van der Waals surface area contributed by atoms with Crippen LogP contribution in [0.4, 0.5) is 5.69 Å². The van der Waals surface area contributed by atoms with Crippen molar-refractivity contribution in [2.24, 2.45) is 11.8 Å². The van der Waals surface area contributed by atoms with Crippen LogP contribution >= 0.6 is 11.6 Å². The molecule has 2 saturated heterocycles. The number of halogens is 1. The number of ether oxygens (including phenoxy) is 2. The van der Waals surface area contributed by atoms with Crippen molar-refractivity contribution in [1.82, 2.24) is 0 Å². The van der Waals surface area contributed by atoms with Crippen LogP contribution in [0, 0.1) is 11.8 Å². The molecule has 1 aliphatic carbocycles. The Labute approximate surface area is 211 Å². The molecule has 0 bridgehead atoms. The highest BCUT2D eigenvalue weighted by Crippen LogP contribution is 2.57. The number of imide groups is 1. The van der Waals surface area contributed by atoms with Crippen LogP contribution in [0.1, 0.15) is 39.3 Å². The van der Waals surface area contributed by atoms with Gasteiger partial charge in [0.2, 0.25) is 29.0 Å². The molecule has 8 heteroatoms. The zero-order valence-electron chi connectivity index (χ0n) is 19.1. The predicted octanol–water partition coefficient (Wildman–Crippen LogP) is 4.43. The summed E-state index contributed by atoms with van der Waals surface area (Å²) in [5.74, 6) is -4.12. The Morgan fingerprint density at radius 2 is 1.47 bits per heavy atom. The van der Waals surface area contributed by atoms with Crippen molar-refractivity contribution in [3.05, 3.63) is 94.5 Å². The van der Waals surface area contributed by atoms with Crippen molar-refractivity contribution < 1.29 is 28.7 Å². The summed E-state index contributed by atoms with van der Waals surface area (Å²) in [6.07, 6.45) is -0.987. The summed E-state index contributed by atoms with van der Waals surface area (Å²) in [6, 6.07) is 19.6. The lowest BCUT2D eigenvalue weighted by molar-refractivity contribution is -0.127. The first-order chi connectivity index (χ1) is 17.4. The molecule has 180 valence electrons. The second kappa shape index (κ2) is 8.11. The molecule has 3 aromatic rings. The average Bonchev–Trinajstić information content (AvgIpc) is 3.45. The first-order valence-electron chi connectivity index (χ1n) is 11.6. The molecule has 0 unspecified atom stereocenters. The zero-order chi connectivity index (χ0) is 25.2. The van der Waals surface area contributed by atoms with Crippen molar-refractivity contribution in [3.63, 3.8) is 0 Å². The van der Waals surface area contributed by atoms with Gasteiger partial charge >= 0.3 is 0 Å². The number of carbonyl (C=O) groups excluding carboxylic acids is 4. The van der Waals surface area contributed by atoms with E-state index in [9.17, 15) is 19.2 Å². The number of hydrogen-bond donors (Lipinski definition) is 0. The third kappa shape index (κ3) is 2.96. The zero-order valence-corrected chi connectivity index (χ0v) is 19.9. The molecule has 3 aromatic carbocycles. The van der Waals surface area contributed by atoms with Gasteiger partial charge in [0, 0.05) is 16.1 Å². The van der Waals surface area contributed by atoms with E-state index >= 15 is 0 Å². The Morgan fingerprint density at radius 3 is 2.06 bits per heavy atom. The van der Waals surface area contributed by atoms with Crippen LogP contribution in [0.2, 0.25) is 5.02 Å². The lowest BCUT2D eigenvalue weighted by Crippen LogP contribution is -2.51. The molecule has 3 aliphatic rings. The summed E-state index contributed by atoms with van der Waals surface area (Å²) >= 11 is 6.06. The lowest BCUT2D eigenvalue weighted by atomic mass is 9.77. The second-order valence-electron chi connectivity index (χ2n) is 8.97. The molecule has 2 heterocycles.